The van der Waals surface area contributed by atoms with Crippen LogP contribution >= 0.6 is 11.8 Å². The van der Waals surface area contributed by atoms with E-state index in [-0.39, 0.29) is 6.03 Å². The van der Waals surface area contributed by atoms with E-state index < -0.39 is 12.0 Å². The van der Waals surface area contributed by atoms with Gasteiger partial charge in [0.2, 0.25) is 0 Å². The molecule has 29 heavy (non-hydrogen) atoms. The minimum atomic E-state index is -0.606. The summed E-state index contributed by atoms with van der Waals surface area (Å²) in [4.78, 5) is 24.7. The molecule has 0 bridgehead atoms. The molecule has 0 spiro atoms. The summed E-state index contributed by atoms with van der Waals surface area (Å²) >= 11 is 1.60. The molecule has 1 aliphatic rings. The highest BCUT2D eigenvalue weighted by atomic mass is 32.2. The molecule has 152 valence electrons. The summed E-state index contributed by atoms with van der Waals surface area (Å²) in [5, 5.41) is 5.47. The lowest BCUT2D eigenvalue weighted by Gasteiger charge is -2.28. The van der Waals surface area contributed by atoms with Crippen molar-refractivity contribution in [3.63, 3.8) is 0 Å². The Balaban J connectivity index is 1.80. The first-order valence-corrected chi connectivity index (χ1v) is 10.7. The lowest BCUT2D eigenvalue weighted by Crippen LogP contribution is -2.45. The first-order chi connectivity index (χ1) is 14.1. The van der Waals surface area contributed by atoms with Crippen LogP contribution < -0.4 is 15.4 Å². The quantitative estimate of drug-likeness (QED) is 0.509. The zero-order valence-electron chi connectivity index (χ0n) is 16.4. The van der Waals surface area contributed by atoms with Crippen molar-refractivity contribution in [2.24, 2.45) is 0 Å². The van der Waals surface area contributed by atoms with Crippen molar-refractivity contribution >= 4 is 23.8 Å². The topological polar surface area (TPSA) is 76.7 Å². The van der Waals surface area contributed by atoms with Crippen molar-refractivity contribution in [1.82, 2.24) is 10.6 Å². The van der Waals surface area contributed by atoms with Gasteiger partial charge in [0.1, 0.15) is 19.0 Å². The molecule has 1 atom stereocenters. The predicted molar refractivity (Wildman–Crippen MR) is 114 cm³/mol. The van der Waals surface area contributed by atoms with E-state index in [1.54, 1.807) is 18.7 Å². The van der Waals surface area contributed by atoms with Crippen LogP contribution in [0.2, 0.25) is 0 Å². The van der Waals surface area contributed by atoms with Gasteiger partial charge < -0.3 is 20.1 Å². The van der Waals surface area contributed by atoms with Gasteiger partial charge >= 0.3 is 12.0 Å². The molecule has 0 radical (unpaired) electrons. The molecule has 2 aromatic carbocycles. The van der Waals surface area contributed by atoms with E-state index in [9.17, 15) is 9.59 Å². The summed E-state index contributed by atoms with van der Waals surface area (Å²) in [6, 6.07) is 16.3. The molecule has 2 amide bonds. The van der Waals surface area contributed by atoms with Crippen molar-refractivity contribution < 1.29 is 19.1 Å². The highest BCUT2D eigenvalue weighted by Gasteiger charge is 2.32. The number of carbonyl (C=O) groups is 2. The molecule has 0 saturated heterocycles. The highest BCUT2D eigenvalue weighted by molar-refractivity contribution is 7.98. The summed E-state index contributed by atoms with van der Waals surface area (Å²) in [6.07, 6.45) is 1.95. The fourth-order valence-electron chi connectivity index (χ4n) is 3.03. The van der Waals surface area contributed by atoms with Crippen molar-refractivity contribution in [2.45, 2.75) is 19.6 Å². The number of hydrogen-bond acceptors (Lipinski definition) is 5. The second-order valence-corrected chi connectivity index (χ2v) is 7.53. The first kappa shape index (κ1) is 20.8. The number of allylic oxidation sites excluding steroid dienone is 1. The average molecular weight is 413 g/mol. The number of esters is 1. The third-order valence-corrected chi connectivity index (χ3v) is 5.02. The molecule has 0 aliphatic carbocycles. The number of hydrogen-bond donors (Lipinski definition) is 2. The molecule has 1 heterocycles. The largest absolute Gasteiger partial charge is 0.489 e. The minimum absolute atomic E-state index is 0.317. The molecule has 3 rings (SSSR count). The van der Waals surface area contributed by atoms with Crippen molar-refractivity contribution in [3.05, 3.63) is 77.0 Å². The number of rotatable bonds is 8. The maximum atomic E-state index is 12.7. The third-order valence-electron chi connectivity index (χ3n) is 4.45. The van der Waals surface area contributed by atoms with Crippen LogP contribution in [-0.2, 0) is 16.1 Å². The summed E-state index contributed by atoms with van der Waals surface area (Å²) < 4.78 is 11.3. The second kappa shape index (κ2) is 10.0. The zero-order chi connectivity index (χ0) is 20.6. The van der Waals surface area contributed by atoms with Crippen LogP contribution in [0.25, 0.3) is 0 Å². The van der Waals surface area contributed by atoms with Gasteiger partial charge in [-0.25, -0.2) is 9.59 Å². The molecule has 0 fully saturated rings. The second-order valence-electron chi connectivity index (χ2n) is 6.55. The van der Waals surface area contributed by atoms with Crippen LogP contribution in [0.3, 0.4) is 0 Å². The van der Waals surface area contributed by atoms with Gasteiger partial charge in [-0.05, 0) is 36.4 Å². The van der Waals surface area contributed by atoms with Gasteiger partial charge in [-0.15, -0.1) is 0 Å². The SMILES string of the molecule is CSCCOC(=O)C1=C(C)NC(=O)N[C@@H]1c1cccc(OCc2ccccc2)c1. The smallest absolute Gasteiger partial charge is 0.338 e. The Morgan fingerprint density at radius 1 is 1.14 bits per heavy atom. The molecule has 2 aromatic rings. The van der Waals surface area contributed by atoms with E-state index in [4.69, 9.17) is 9.47 Å². The van der Waals surface area contributed by atoms with E-state index in [2.05, 4.69) is 10.6 Å². The Labute approximate surface area is 174 Å². The summed E-state index contributed by atoms with van der Waals surface area (Å²) in [6.45, 7) is 2.45. The molecule has 0 unspecified atom stereocenters. The van der Waals surface area contributed by atoms with Gasteiger partial charge in [-0.3, -0.25) is 0 Å². The summed E-state index contributed by atoms with van der Waals surface area (Å²) in [5.74, 6) is 0.933. The normalized spacial score (nSPS) is 16.1. The van der Waals surface area contributed by atoms with Crippen LogP contribution in [0, 0.1) is 0 Å². The number of nitrogens with one attached hydrogen (secondary N) is 2. The van der Waals surface area contributed by atoms with Gasteiger partial charge in [-0.2, -0.15) is 11.8 Å². The minimum Gasteiger partial charge on any atom is -0.489 e. The summed E-state index contributed by atoms with van der Waals surface area (Å²) in [5.41, 5.74) is 2.69. The fourth-order valence-corrected chi connectivity index (χ4v) is 3.28. The maximum absolute atomic E-state index is 12.7. The number of thioether (sulfide) groups is 1. The zero-order valence-corrected chi connectivity index (χ0v) is 17.3. The van der Waals surface area contributed by atoms with Crippen LogP contribution in [0.15, 0.2) is 65.9 Å². The monoisotopic (exact) mass is 412 g/mol. The van der Waals surface area contributed by atoms with Gasteiger partial charge in [0, 0.05) is 11.4 Å². The van der Waals surface area contributed by atoms with Gasteiger partial charge in [-0.1, -0.05) is 42.5 Å². The van der Waals surface area contributed by atoms with Crippen molar-refractivity contribution in [1.29, 1.82) is 0 Å². The fraction of sp³-hybridized carbons (Fsp3) is 0.273. The van der Waals surface area contributed by atoms with E-state index in [0.717, 1.165) is 11.1 Å². The number of urea groups is 1. The lowest BCUT2D eigenvalue weighted by molar-refractivity contribution is -0.138. The van der Waals surface area contributed by atoms with Crippen LogP contribution in [-0.4, -0.2) is 30.6 Å². The number of carbonyl (C=O) groups excluding carboxylic acids is 2. The van der Waals surface area contributed by atoms with Gasteiger partial charge in [0.25, 0.3) is 0 Å². The summed E-state index contributed by atoms with van der Waals surface area (Å²) in [7, 11) is 0. The van der Waals surface area contributed by atoms with Crippen LogP contribution in [0.4, 0.5) is 4.79 Å². The molecule has 0 aromatic heterocycles. The van der Waals surface area contributed by atoms with E-state index in [1.165, 1.54) is 0 Å². The average Bonchev–Trinajstić information content (AvgIpc) is 2.73. The van der Waals surface area contributed by atoms with E-state index >= 15 is 0 Å². The number of amides is 2. The third kappa shape index (κ3) is 5.54. The Bertz CT molecular complexity index is 899. The molecule has 0 saturated carbocycles. The highest BCUT2D eigenvalue weighted by Crippen LogP contribution is 2.30. The van der Waals surface area contributed by atoms with Crippen molar-refractivity contribution in [2.75, 3.05) is 18.6 Å². The Morgan fingerprint density at radius 3 is 2.69 bits per heavy atom. The van der Waals surface area contributed by atoms with Crippen LogP contribution in [0.5, 0.6) is 5.75 Å². The van der Waals surface area contributed by atoms with Crippen LogP contribution in [0.1, 0.15) is 24.1 Å². The Hall–Kier alpha value is -2.93. The lowest BCUT2D eigenvalue weighted by atomic mass is 9.95. The maximum Gasteiger partial charge on any atom is 0.338 e. The predicted octanol–water partition coefficient (Wildman–Crippen LogP) is 3.80. The Morgan fingerprint density at radius 2 is 1.93 bits per heavy atom. The standard InChI is InChI=1S/C22H24N2O4S/c1-15-19(21(25)27-11-12-29-2)20(24-22(26)23-15)17-9-6-10-18(13-17)28-14-16-7-4-3-5-8-16/h3-10,13,20H,11-12,14H2,1-2H3,(H2,23,24,26)/t20-/m1/s1. The molecule has 7 heteroatoms. The number of ether oxygens (including phenoxy) is 2. The molecular formula is C22H24N2O4S. The molecule has 1 aliphatic heterocycles. The molecular weight excluding hydrogens is 388 g/mol. The molecule has 6 nitrogen and oxygen atoms in total. The molecule has 2 N–H and O–H groups in total. The van der Waals surface area contributed by atoms with Gasteiger partial charge in [0.15, 0.2) is 0 Å². The number of benzene rings is 2. The van der Waals surface area contributed by atoms with Crippen molar-refractivity contribution in [3.8, 4) is 5.75 Å². The first-order valence-electron chi connectivity index (χ1n) is 9.29. The van der Waals surface area contributed by atoms with E-state index in [1.807, 2.05) is 60.9 Å². The van der Waals surface area contributed by atoms with E-state index in [0.29, 0.717) is 36.0 Å². The Kier molecular flexibility index (Phi) is 7.19. The van der Waals surface area contributed by atoms with Gasteiger partial charge in [0.05, 0.1) is 11.6 Å².